The monoisotopic (exact) mass is 493 g/mol. The first-order chi connectivity index (χ1) is 17.3. The minimum Gasteiger partial charge on any atom is -0.441 e. The van der Waals surface area contributed by atoms with Crippen LogP contribution < -0.4 is 4.74 Å². The molecule has 0 atom stereocenters. The number of alkyl halides is 3. The first-order valence-corrected chi connectivity index (χ1v) is 11.9. The van der Waals surface area contributed by atoms with Gasteiger partial charge in [-0.1, -0.05) is 24.3 Å². The predicted molar refractivity (Wildman–Crippen MR) is 130 cm³/mol. The van der Waals surface area contributed by atoms with Crippen LogP contribution in [-0.4, -0.2) is 34.3 Å². The van der Waals surface area contributed by atoms with E-state index < -0.39 is 6.36 Å². The lowest BCUT2D eigenvalue weighted by atomic mass is 9.89. The van der Waals surface area contributed by atoms with Gasteiger partial charge in [-0.3, -0.25) is 9.88 Å². The Morgan fingerprint density at radius 1 is 0.889 bits per heavy atom. The zero-order valence-corrected chi connectivity index (χ0v) is 19.8. The molecular formula is C28H26F3N3O2. The minimum absolute atomic E-state index is 0.187. The van der Waals surface area contributed by atoms with E-state index in [1.54, 1.807) is 24.5 Å². The summed E-state index contributed by atoms with van der Waals surface area (Å²) in [6.45, 7) is 4.41. The van der Waals surface area contributed by atoms with Crippen molar-refractivity contribution in [2.45, 2.75) is 38.6 Å². The average molecular weight is 494 g/mol. The third kappa shape index (κ3) is 5.76. The lowest BCUT2D eigenvalue weighted by Crippen LogP contribution is -2.32. The van der Waals surface area contributed by atoms with Crippen LogP contribution in [0.5, 0.6) is 5.75 Å². The molecule has 2 aromatic heterocycles. The topological polar surface area (TPSA) is 51.4 Å². The van der Waals surface area contributed by atoms with E-state index in [-0.39, 0.29) is 5.75 Å². The summed E-state index contributed by atoms with van der Waals surface area (Å²) in [5.41, 5.74) is 5.11. The van der Waals surface area contributed by atoms with Gasteiger partial charge in [-0.25, -0.2) is 4.98 Å². The van der Waals surface area contributed by atoms with Gasteiger partial charge in [0, 0.05) is 24.5 Å². The van der Waals surface area contributed by atoms with E-state index in [0.717, 1.165) is 59.6 Å². The van der Waals surface area contributed by atoms with Crippen LogP contribution in [0.15, 0.2) is 77.5 Å². The fourth-order valence-corrected chi connectivity index (χ4v) is 4.63. The summed E-state index contributed by atoms with van der Waals surface area (Å²) in [5, 5.41) is 0. The lowest BCUT2D eigenvalue weighted by Gasteiger charge is -2.31. The van der Waals surface area contributed by atoms with Crippen molar-refractivity contribution in [1.82, 2.24) is 14.9 Å². The molecule has 4 aromatic rings. The van der Waals surface area contributed by atoms with E-state index in [1.807, 2.05) is 31.2 Å². The van der Waals surface area contributed by atoms with Crippen LogP contribution in [0.4, 0.5) is 13.2 Å². The Bertz CT molecular complexity index is 1280. The van der Waals surface area contributed by atoms with Crippen LogP contribution in [-0.2, 0) is 6.54 Å². The van der Waals surface area contributed by atoms with Crippen molar-refractivity contribution < 1.29 is 22.3 Å². The van der Waals surface area contributed by atoms with Crippen molar-refractivity contribution in [3.63, 3.8) is 0 Å². The molecule has 0 aliphatic carbocycles. The largest absolute Gasteiger partial charge is 0.573 e. The number of pyridine rings is 1. The van der Waals surface area contributed by atoms with Gasteiger partial charge < -0.3 is 9.15 Å². The van der Waals surface area contributed by atoms with Crippen LogP contribution in [0.25, 0.3) is 22.6 Å². The minimum atomic E-state index is -4.67. The number of rotatable bonds is 6. The molecule has 1 saturated heterocycles. The SMILES string of the molecule is Cc1oc(-c2ccc(-c3ccncc3)cc2)nc1CN1CCC(c2ccc(OC(F)(F)F)cc2)CC1. The fourth-order valence-electron chi connectivity index (χ4n) is 4.63. The van der Waals surface area contributed by atoms with Gasteiger partial charge in [0.25, 0.3) is 0 Å². The molecule has 5 nitrogen and oxygen atoms in total. The van der Waals surface area contributed by atoms with Gasteiger partial charge in [-0.05, 0) is 91.9 Å². The smallest absolute Gasteiger partial charge is 0.441 e. The molecule has 1 aliphatic heterocycles. The molecule has 0 unspecified atom stereocenters. The zero-order valence-electron chi connectivity index (χ0n) is 19.8. The maximum Gasteiger partial charge on any atom is 0.573 e. The van der Waals surface area contributed by atoms with Crippen molar-refractivity contribution >= 4 is 0 Å². The molecule has 0 spiro atoms. The normalized spacial score (nSPS) is 15.2. The number of aromatic nitrogens is 2. The summed E-state index contributed by atoms with van der Waals surface area (Å²) in [7, 11) is 0. The summed E-state index contributed by atoms with van der Waals surface area (Å²) in [6, 6.07) is 18.3. The number of aryl methyl sites for hydroxylation is 1. The molecule has 3 heterocycles. The van der Waals surface area contributed by atoms with Crippen LogP contribution in [0, 0.1) is 6.92 Å². The molecule has 0 bridgehead atoms. The maximum atomic E-state index is 12.4. The first-order valence-electron chi connectivity index (χ1n) is 11.9. The molecule has 36 heavy (non-hydrogen) atoms. The standard InChI is InChI=1S/C28H26F3N3O2/c1-19-26(33-27(35-19)24-4-2-20(3-5-24)22-10-14-32-15-11-22)18-34-16-12-23(13-17-34)21-6-8-25(9-7-21)36-28(29,30)31/h2-11,14-15,23H,12-13,16-18H2,1H3. The van der Waals surface area contributed by atoms with Gasteiger partial charge in [0.05, 0.1) is 5.69 Å². The maximum absolute atomic E-state index is 12.4. The Morgan fingerprint density at radius 3 is 2.14 bits per heavy atom. The molecule has 0 radical (unpaired) electrons. The van der Waals surface area contributed by atoms with E-state index in [1.165, 1.54) is 12.1 Å². The second kappa shape index (κ2) is 10.1. The summed E-state index contributed by atoms with van der Waals surface area (Å²) in [6.07, 6.45) is 0.743. The Morgan fingerprint density at radius 2 is 1.50 bits per heavy atom. The van der Waals surface area contributed by atoms with Crippen LogP contribution in [0.1, 0.15) is 35.8 Å². The summed E-state index contributed by atoms with van der Waals surface area (Å²) in [4.78, 5) is 11.2. The third-order valence-corrected chi connectivity index (χ3v) is 6.58. The number of benzene rings is 2. The van der Waals surface area contributed by atoms with E-state index >= 15 is 0 Å². The van der Waals surface area contributed by atoms with Crippen LogP contribution in [0.2, 0.25) is 0 Å². The van der Waals surface area contributed by atoms with E-state index in [2.05, 4.69) is 26.8 Å². The van der Waals surface area contributed by atoms with Gasteiger partial charge in [-0.15, -0.1) is 13.2 Å². The second-order valence-electron chi connectivity index (χ2n) is 9.00. The zero-order chi connectivity index (χ0) is 25.1. The van der Waals surface area contributed by atoms with Gasteiger partial charge in [0.1, 0.15) is 11.5 Å². The highest BCUT2D eigenvalue weighted by atomic mass is 19.4. The van der Waals surface area contributed by atoms with Crippen LogP contribution in [0.3, 0.4) is 0 Å². The fraction of sp³-hybridized carbons (Fsp3) is 0.286. The Balaban J connectivity index is 1.18. The van der Waals surface area contributed by atoms with E-state index in [0.29, 0.717) is 18.4 Å². The molecular weight excluding hydrogens is 467 g/mol. The molecule has 1 fully saturated rings. The second-order valence-corrected chi connectivity index (χ2v) is 9.00. The lowest BCUT2D eigenvalue weighted by molar-refractivity contribution is -0.274. The van der Waals surface area contributed by atoms with Crippen molar-refractivity contribution in [1.29, 1.82) is 0 Å². The number of ether oxygens (including phenoxy) is 1. The van der Waals surface area contributed by atoms with Gasteiger partial charge >= 0.3 is 6.36 Å². The van der Waals surface area contributed by atoms with Gasteiger partial charge in [0.2, 0.25) is 5.89 Å². The number of oxazole rings is 1. The highest BCUT2D eigenvalue weighted by Crippen LogP contribution is 2.32. The number of hydrogen-bond acceptors (Lipinski definition) is 5. The highest BCUT2D eigenvalue weighted by Gasteiger charge is 2.31. The number of nitrogens with zero attached hydrogens (tertiary/aromatic N) is 3. The van der Waals surface area contributed by atoms with E-state index in [9.17, 15) is 13.2 Å². The molecule has 0 saturated carbocycles. The summed E-state index contributed by atoms with van der Waals surface area (Å²) in [5.74, 6) is 1.55. The number of halogens is 3. The van der Waals surface area contributed by atoms with Crippen molar-refractivity contribution in [3.05, 3.63) is 90.1 Å². The Kier molecular flexibility index (Phi) is 6.78. The van der Waals surface area contributed by atoms with Crippen molar-refractivity contribution in [2.75, 3.05) is 13.1 Å². The molecule has 5 rings (SSSR count). The van der Waals surface area contributed by atoms with Crippen LogP contribution >= 0.6 is 0 Å². The molecule has 186 valence electrons. The van der Waals surface area contributed by atoms with Crippen molar-refractivity contribution in [3.8, 4) is 28.3 Å². The van der Waals surface area contributed by atoms with Gasteiger partial charge in [0.15, 0.2) is 0 Å². The third-order valence-electron chi connectivity index (χ3n) is 6.58. The quantitative estimate of drug-likeness (QED) is 0.290. The molecule has 2 aromatic carbocycles. The molecule has 0 amide bonds. The summed E-state index contributed by atoms with van der Waals surface area (Å²) < 4.78 is 47.1. The Labute approximate surface area is 207 Å². The van der Waals surface area contributed by atoms with E-state index in [4.69, 9.17) is 9.40 Å². The number of likely N-dealkylation sites (tertiary alicyclic amines) is 1. The van der Waals surface area contributed by atoms with Gasteiger partial charge in [-0.2, -0.15) is 0 Å². The highest BCUT2D eigenvalue weighted by molar-refractivity contribution is 5.67. The molecule has 8 heteroatoms. The Hall–Kier alpha value is -3.65. The number of piperidine rings is 1. The summed E-state index contributed by atoms with van der Waals surface area (Å²) >= 11 is 0. The first kappa shape index (κ1) is 24.1. The molecule has 1 aliphatic rings. The van der Waals surface area contributed by atoms with Crippen molar-refractivity contribution in [2.24, 2.45) is 0 Å². The predicted octanol–water partition coefficient (Wildman–Crippen LogP) is 6.99. The average Bonchev–Trinajstić information content (AvgIpc) is 3.25. The molecule has 0 N–H and O–H groups in total. The number of hydrogen-bond donors (Lipinski definition) is 0.